The fourth-order valence-corrected chi connectivity index (χ4v) is 5.99. The van der Waals surface area contributed by atoms with Crippen molar-refractivity contribution in [2.24, 2.45) is 15.2 Å². The molecule has 0 atom stereocenters. The molecule has 0 amide bonds. The van der Waals surface area contributed by atoms with Crippen LogP contribution in [0.1, 0.15) is 0 Å². The number of benzene rings is 3. The molecule has 5 nitrogen and oxygen atoms in total. The molecule has 0 spiro atoms. The van der Waals surface area contributed by atoms with Gasteiger partial charge in [-0.1, -0.05) is 54.6 Å². The van der Waals surface area contributed by atoms with Gasteiger partial charge in [-0.2, -0.15) is 0 Å². The Kier molecular flexibility index (Phi) is 6.66. The van der Waals surface area contributed by atoms with Crippen LogP contribution in [0.3, 0.4) is 0 Å². The molecule has 0 saturated heterocycles. The summed E-state index contributed by atoms with van der Waals surface area (Å²) in [6, 6.07) is 30.3. The fraction of sp³-hybridized carbons (Fsp3) is 0.0455. The van der Waals surface area contributed by atoms with Crippen LogP contribution in [0, 0.1) is 0 Å². The van der Waals surface area contributed by atoms with E-state index in [2.05, 4.69) is 51.5 Å². The van der Waals surface area contributed by atoms with Crippen molar-refractivity contribution in [3.63, 3.8) is 0 Å². The number of allylic oxidation sites excluding steroid dienone is 1. The Morgan fingerprint density at radius 3 is 1.61 bits per heavy atom. The number of methoxy groups -OCH3 is 1. The standard InChI is InChI=1S/C22H20N3O2P/c1-27-22(26)17-18-23-24-25-28(19-11-5-2-6-12-19,20-13-7-3-8-14-20)21-15-9-4-10-16-21/h2-18H,1H3. The van der Waals surface area contributed by atoms with Gasteiger partial charge in [0.2, 0.25) is 0 Å². The van der Waals surface area contributed by atoms with Gasteiger partial charge in [0.05, 0.1) is 12.2 Å². The zero-order valence-electron chi connectivity index (χ0n) is 15.4. The minimum Gasteiger partial charge on any atom is -0.617 e. The highest BCUT2D eigenvalue weighted by Gasteiger charge is 2.47. The number of hydrogen-bond acceptors (Lipinski definition) is 4. The van der Waals surface area contributed by atoms with Gasteiger partial charge >= 0.3 is 0 Å². The molecule has 0 radical (unpaired) electrons. The van der Waals surface area contributed by atoms with Crippen LogP contribution in [0.15, 0.2) is 118 Å². The second-order valence-corrected chi connectivity index (χ2v) is 8.77. The summed E-state index contributed by atoms with van der Waals surface area (Å²) in [6.07, 6.45) is 2.48. The first kappa shape index (κ1) is 19.5. The van der Waals surface area contributed by atoms with E-state index in [0.29, 0.717) is 0 Å². The lowest BCUT2D eigenvalue weighted by molar-refractivity contribution is -0.352. The van der Waals surface area contributed by atoms with Crippen molar-refractivity contribution in [2.45, 2.75) is 0 Å². The molecule has 0 unspecified atom stereocenters. The summed E-state index contributed by atoms with van der Waals surface area (Å²) in [4.78, 5) is 4.75. The second-order valence-electron chi connectivity index (χ2n) is 5.78. The zero-order valence-corrected chi connectivity index (χ0v) is 16.3. The minimum absolute atomic E-state index is 0.491. The highest BCUT2D eigenvalue weighted by atomic mass is 31.2. The maximum Gasteiger partial charge on any atom is 0.255 e. The average molecular weight is 389 g/mol. The Balaban J connectivity index is 2.17. The molecule has 140 valence electrons. The highest BCUT2D eigenvalue weighted by Crippen LogP contribution is 2.57. The Morgan fingerprint density at radius 2 is 1.21 bits per heavy atom. The molecule has 0 fully saturated rings. The molecule has 0 saturated carbocycles. The molecule has 0 aromatic heterocycles. The molecule has 0 aliphatic heterocycles. The van der Waals surface area contributed by atoms with E-state index < -0.39 is 13.4 Å². The van der Waals surface area contributed by atoms with E-state index in [1.165, 1.54) is 19.4 Å². The van der Waals surface area contributed by atoms with E-state index in [9.17, 15) is 5.11 Å². The van der Waals surface area contributed by atoms with E-state index in [0.717, 1.165) is 15.9 Å². The predicted octanol–water partition coefficient (Wildman–Crippen LogP) is 3.18. The molecular weight excluding hydrogens is 369 g/mol. The van der Waals surface area contributed by atoms with E-state index in [4.69, 9.17) is 4.88 Å². The van der Waals surface area contributed by atoms with E-state index >= 15 is 0 Å². The van der Waals surface area contributed by atoms with E-state index in [1.807, 2.05) is 54.6 Å². The van der Waals surface area contributed by atoms with Crippen molar-refractivity contribution in [2.75, 3.05) is 7.11 Å². The average Bonchev–Trinajstić information content (AvgIpc) is 2.78. The molecule has 0 bridgehead atoms. The van der Waals surface area contributed by atoms with Crippen LogP contribution in [-0.2, 0) is 4.74 Å². The lowest BCUT2D eigenvalue weighted by Crippen LogP contribution is -2.29. The number of ether oxygens (including phenoxy) is 1. The zero-order chi connectivity index (χ0) is 19.7. The van der Waals surface area contributed by atoms with Gasteiger partial charge < -0.3 is 9.84 Å². The molecule has 28 heavy (non-hydrogen) atoms. The predicted molar refractivity (Wildman–Crippen MR) is 114 cm³/mol. The third-order valence-electron chi connectivity index (χ3n) is 4.09. The summed E-state index contributed by atoms with van der Waals surface area (Å²) in [7, 11) is -1.10. The van der Waals surface area contributed by atoms with Crippen molar-refractivity contribution in [1.29, 1.82) is 0 Å². The van der Waals surface area contributed by atoms with Gasteiger partial charge in [-0.05, 0) is 54.8 Å². The van der Waals surface area contributed by atoms with Gasteiger partial charge in [0.25, 0.3) is 7.41 Å². The smallest absolute Gasteiger partial charge is 0.255 e. The molecule has 0 heterocycles. The maximum absolute atomic E-state index is 11.2. The van der Waals surface area contributed by atoms with Crippen LogP contribution in [0.2, 0.25) is 0 Å². The van der Waals surface area contributed by atoms with Gasteiger partial charge in [0, 0.05) is 4.88 Å². The number of nitrogens with zero attached hydrogens (tertiary/aromatic N) is 3. The SMILES string of the molecule is CO\C([O-])=C/C=N/N=N/[P+](c1ccccc1)(c1ccccc1)c1ccccc1. The Bertz CT molecular complexity index is 862. The minimum atomic E-state index is -2.41. The normalized spacial score (nSPS) is 12.5. The van der Waals surface area contributed by atoms with Crippen LogP contribution in [0.4, 0.5) is 0 Å². The number of hydrogen-bond donors (Lipinski definition) is 0. The van der Waals surface area contributed by atoms with Gasteiger partial charge in [0.15, 0.2) is 0 Å². The van der Waals surface area contributed by atoms with Crippen LogP contribution in [0.25, 0.3) is 0 Å². The summed E-state index contributed by atoms with van der Waals surface area (Å²) >= 11 is 0. The van der Waals surface area contributed by atoms with E-state index in [1.54, 1.807) is 0 Å². The summed E-state index contributed by atoms with van der Waals surface area (Å²) < 4.78 is 4.55. The third-order valence-corrected chi connectivity index (χ3v) is 7.58. The van der Waals surface area contributed by atoms with Crippen LogP contribution >= 0.6 is 7.41 Å². The molecular formula is C22H20N3O2P. The molecule has 0 aliphatic rings. The van der Waals surface area contributed by atoms with Crippen molar-refractivity contribution >= 4 is 29.5 Å². The van der Waals surface area contributed by atoms with Gasteiger partial charge in [-0.3, -0.25) is 0 Å². The number of rotatable bonds is 7. The summed E-state index contributed by atoms with van der Waals surface area (Å²) in [6.45, 7) is 0. The summed E-state index contributed by atoms with van der Waals surface area (Å²) in [5.41, 5.74) is 0. The van der Waals surface area contributed by atoms with Crippen molar-refractivity contribution in [3.8, 4) is 0 Å². The maximum atomic E-state index is 11.2. The van der Waals surface area contributed by atoms with Crippen LogP contribution in [0.5, 0.6) is 0 Å². The summed E-state index contributed by atoms with van der Waals surface area (Å²) in [5.74, 6) is -0.491. The van der Waals surface area contributed by atoms with Crippen molar-refractivity contribution < 1.29 is 9.84 Å². The Labute approximate surface area is 165 Å². The first-order chi connectivity index (χ1) is 13.8. The van der Waals surface area contributed by atoms with Crippen molar-refractivity contribution in [3.05, 3.63) is 103 Å². The molecule has 3 rings (SSSR count). The second kappa shape index (κ2) is 9.58. The third kappa shape index (κ3) is 4.33. The summed E-state index contributed by atoms with van der Waals surface area (Å²) in [5, 5.41) is 22.4. The van der Waals surface area contributed by atoms with Crippen LogP contribution in [-0.4, -0.2) is 13.3 Å². The lowest BCUT2D eigenvalue weighted by Gasteiger charge is -2.19. The molecule has 0 aliphatic carbocycles. The molecule has 3 aromatic carbocycles. The quantitative estimate of drug-likeness (QED) is 0.205. The Hall–Kier alpha value is -3.30. The largest absolute Gasteiger partial charge is 0.617 e. The molecule has 6 heteroatoms. The monoisotopic (exact) mass is 389 g/mol. The van der Waals surface area contributed by atoms with E-state index in [-0.39, 0.29) is 0 Å². The van der Waals surface area contributed by atoms with Gasteiger partial charge in [0.1, 0.15) is 15.9 Å². The lowest BCUT2D eigenvalue weighted by atomic mass is 10.4. The first-order valence-corrected chi connectivity index (χ1v) is 10.4. The topological polar surface area (TPSA) is 69.4 Å². The molecule has 3 aromatic rings. The van der Waals surface area contributed by atoms with Crippen LogP contribution < -0.4 is 21.0 Å². The Morgan fingerprint density at radius 1 is 0.786 bits per heavy atom. The van der Waals surface area contributed by atoms with Gasteiger partial charge in [-0.15, -0.1) is 5.10 Å². The fourth-order valence-electron chi connectivity index (χ4n) is 2.81. The van der Waals surface area contributed by atoms with Gasteiger partial charge in [-0.25, -0.2) is 0 Å². The van der Waals surface area contributed by atoms with Crippen molar-refractivity contribution in [1.82, 2.24) is 0 Å². The molecule has 0 N–H and O–H groups in total. The highest BCUT2D eigenvalue weighted by molar-refractivity contribution is 7.94. The first-order valence-electron chi connectivity index (χ1n) is 8.70.